The fraction of sp³-hybridized carbons (Fsp3) is 0.455. The van der Waals surface area contributed by atoms with Crippen LogP contribution >= 0.6 is 0 Å². The fourth-order valence-electron chi connectivity index (χ4n) is 1.30. The van der Waals surface area contributed by atoms with Crippen molar-refractivity contribution in [2.75, 3.05) is 6.54 Å². The molecule has 0 bridgehead atoms. The number of nitrogens with two attached hydrogens (primary N) is 1. The molecule has 1 atom stereocenters. The topological polar surface area (TPSA) is 35.2 Å². The van der Waals surface area contributed by atoms with Crippen LogP contribution in [0.15, 0.2) is 24.3 Å². The van der Waals surface area contributed by atoms with Gasteiger partial charge < -0.3 is 10.5 Å². The van der Waals surface area contributed by atoms with E-state index in [0.717, 1.165) is 0 Å². The van der Waals surface area contributed by atoms with Crippen molar-refractivity contribution in [1.29, 1.82) is 0 Å². The van der Waals surface area contributed by atoms with E-state index >= 15 is 0 Å². The summed E-state index contributed by atoms with van der Waals surface area (Å²) in [4.78, 5) is 0. The lowest BCUT2D eigenvalue weighted by Crippen LogP contribution is -2.33. The minimum Gasteiger partial charge on any atom is -0.364 e. The molecule has 17 heavy (non-hydrogen) atoms. The summed E-state index contributed by atoms with van der Waals surface area (Å²) in [6.07, 6.45) is -6.77. The Morgan fingerprint density at radius 3 is 2.41 bits per heavy atom. The lowest BCUT2D eigenvalue weighted by Gasteiger charge is -2.20. The molecule has 1 unspecified atom stereocenters. The summed E-state index contributed by atoms with van der Waals surface area (Å²) in [5, 5.41) is 0. The number of hydrogen-bond acceptors (Lipinski definition) is 2. The monoisotopic (exact) mass is 251 g/mol. The summed E-state index contributed by atoms with van der Waals surface area (Å²) < 4.78 is 55.1. The zero-order valence-corrected chi connectivity index (χ0v) is 9.01. The Morgan fingerprint density at radius 1 is 1.24 bits per heavy atom. The molecule has 0 fully saturated rings. The summed E-state index contributed by atoms with van der Waals surface area (Å²) in [7, 11) is 0. The molecule has 6 heteroatoms. The molecule has 96 valence electrons. The van der Waals surface area contributed by atoms with Crippen LogP contribution in [0.4, 0.5) is 17.6 Å². The van der Waals surface area contributed by atoms with Crippen LogP contribution in [0.25, 0.3) is 0 Å². The fourth-order valence-corrected chi connectivity index (χ4v) is 1.30. The van der Waals surface area contributed by atoms with Gasteiger partial charge in [-0.1, -0.05) is 18.2 Å². The van der Waals surface area contributed by atoms with Gasteiger partial charge in [-0.2, -0.15) is 13.2 Å². The quantitative estimate of drug-likeness (QED) is 0.816. The molecule has 0 saturated heterocycles. The van der Waals surface area contributed by atoms with Gasteiger partial charge >= 0.3 is 6.18 Å². The number of ether oxygens (including phenoxy) is 1. The third kappa shape index (κ3) is 4.32. The Kier molecular flexibility index (Phi) is 4.89. The number of rotatable bonds is 5. The van der Waals surface area contributed by atoms with Gasteiger partial charge in [0.15, 0.2) is 6.10 Å². The van der Waals surface area contributed by atoms with Crippen LogP contribution in [-0.4, -0.2) is 18.8 Å². The zero-order chi connectivity index (χ0) is 12.9. The second-order valence-electron chi connectivity index (χ2n) is 3.51. The van der Waals surface area contributed by atoms with E-state index < -0.39 is 24.7 Å². The number of halogens is 4. The van der Waals surface area contributed by atoms with Crippen molar-refractivity contribution in [1.82, 2.24) is 0 Å². The third-order valence-electron chi connectivity index (χ3n) is 2.19. The molecule has 1 aromatic carbocycles. The van der Waals surface area contributed by atoms with E-state index in [4.69, 9.17) is 5.73 Å². The highest BCUT2D eigenvalue weighted by atomic mass is 19.4. The molecular weight excluding hydrogens is 238 g/mol. The van der Waals surface area contributed by atoms with E-state index in [9.17, 15) is 17.6 Å². The normalized spacial score (nSPS) is 13.7. The van der Waals surface area contributed by atoms with E-state index in [1.807, 2.05) is 0 Å². The van der Waals surface area contributed by atoms with Crippen LogP contribution in [0.1, 0.15) is 12.0 Å². The molecule has 0 aliphatic heterocycles. The average molecular weight is 251 g/mol. The molecule has 0 saturated carbocycles. The molecule has 0 spiro atoms. The minimum absolute atomic E-state index is 0.0961. The molecule has 0 radical (unpaired) electrons. The van der Waals surface area contributed by atoms with Gasteiger partial charge in [-0.05, 0) is 19.0 Å². The van der Waals surface area contributed by atoms with E-state index in [1.54, 1.807) is 0 Å². The molecule has 0 heterocycles. The van der Waals surface area contributed by atoms with Gasteiger partial charge in [0.05, 0.1) is 6.61 Å². The van der Waals surface area contributed by atoms with Gasteiger partial charge in [-0.3, -0.25) is 0 Å². The molecule has 0 aliphatic rings. The van der Waals surface area contributed by atoms with Crippen molar-refractivity contribution in [2.24, 2.45) is 5.73 Å². The predicted octanol–water partition coefficient (Wildman–Crippen LogP) is 2.62. The maximum absolute atomic E-state index is 13.1. The smallest absolute Gasteiger partial charge is 0.364 e. The second kappa shape index (κ2) is 5.97. The van der Waals surface area contributed by atoms with Gasteiger partial charge in [-0.25, -0.2) is 4.39 Å². The van der Waals surface area contributed by atoms with Crippen LogP contribution in [-0.2, 0) is 11.3 Å². The first kappa shape index (κ1) is 13.9. The predicted molar refractivity (Wildman–Crippen MR) is 54.7 cm³/mol. The Hall–Kier alpha value is -1.14. The zero-order valence-electron chi connectivity index (χ0n) is 9.01. The van der Waals surface area contributed by atoms with Crippen molar-refractivity contribution in [2.45, 2.75) is 25.3 Å². The Bertz CT molecular complexity index is 354. The number of alkyl halides is 3. The summed E-state index contributed by atoms with van der Waals surface area (Å²) in [5.41, 5.74) is 5.17. The van der Waals surface area contributed by atoms with Crippen LogP contribution in [0.3, 0.4) is 0 Å². The van der Waals surface area contributed by atoms with E-state index in [-0.39, 0.29) is 18.5 Å². The molecule has 2 N–H and O–H groups in total. The first-order valence-electron chi connectivity index (χ1n) is 5.07. The minimum atomic E-state index is -4.48. The first-order chi connectivity index (χ1) is 7.95. The van der Waals surface area contributed by atoms with Crippen molar-refractivity contribution >= 4 is 0 Å². The number of benzene rings is 1. The van der Waals surface area contributed by atoms with E-state index in [2.05, 4.69) is 4.74 Å². The van der Waals surface area contributed by atoms with Crippen LogP contribution in [0.5, 0.6) is 0 Å². The van der Waals surface area contributed by atoms with Crippen molar-refractivity contribution in [3.63, 3.8) is 0 Å². The lowest BCUT2D eigenvalue weighted by atomic mass is 10.2. The largest absolute Gasteiger partial charge is 0.414 e. The highest BCUT2D eigenvalue weighted by molar-refractivity contribution is 5.16. The van der Waals surface area contributed by atoms with Crippen molar-refractivity contribution in [3.05, 3.63) is 35.6 Å². The lowest BCUT2D eigenvalue weighted by molar-refractivity contribution is -0.224. The summed E-state index contributed by atoms with van der Waals surface area (Å²) in [6, 6.07) is 5.54. The van der Waals surface area contributed by atoms with E-state index in [0.29, 0.717) is 0 Å². The Balaban J connectivity index is 2.61. The van der Waals surface area contributed by atoms with Gasteiger partial charge in [-0.15, -0.1) is 0 Å². The second-order valence-corrected chi connectivity index (χ2v) is 3.51. The van der Waals surface area contributed by atoms with Crippen LogP contribution < -0.4 is 5.73 Å². The SMILES string of the molecule is NCCC(OCc1ccccc1F)C(F)(F)F. The Labute approximate surface area is 96.4 Å². The summed E-state index contributed by atoms with van der Waals surface area (Å²) in [5.74, 6) is -0.582. The summed E-state index contributed by atoms with van der Waals surface area (Å²) >= 11 is 0. The average Bonchev–Trinajstić information content (AvgIpc) is 2.24. The van der Waals surface area contributed by atoms with Gasteiger partial charge in [0.1, 0.15) is 5.82 Å². The van der Waals surface area contributed by atoms with Gasteiger partial charge in [0, 0.05) is 5.56 Å². The van der Waals surface area contributed by atoms with Crippen LogP contribution in [0, 0.1) is 5.82 Å². The molecular formula is C11H13F4NO. The van der Waals surface area contributed by atoms with Gasteiger partial charge in [0.25, 0.3) is 0 Å². The molecule has 1 rings (SSSR count). The third-order valence-corrected chi connectivity index (χ3v) is 2.19. The molecule has 0 amide bonds. The molecule has 2 nitrogen and oxygen atoms in total. The van der Waals surface area contributed by atoms with Crippen molar-refractivity contribution < 1.29 is 22.3 Å². The van der Waals surface area contributed by atoms with Crippen molar-refractivity contribution in [3.8, 4) is 0 Å². The number of hydrogen-bond donors (Lipinski definition) is 1. The highest BCUT2D eigenvalue weighted by Gasteiger charge is 2.39. The first-order valence-corrected chi connectivity index (χ1v) is 5.07. The standard InChI is InChI=1S/C11H13F4NO/c12-9-4-2-1-3-8(9)7-17-10(5-6-16)11(13,14)15/h1-4,10H,5-7,16H2. The summed E-state index contributed by atoms with van der Waals surface area (Å²) in [6.45, 7) is -0.557. The maximum Gasteiger partial charge on any atom is 0.414 e. The van der Waals surface area contributed by atoms with Crippen LogP contribution in [0.2, 0.25) is 0 Å². The van der Waals surface area contributed by atoms with Gasteiger partial charge in [0.2, 0.25) is 0 Å². The highest BCUT2D eigenvalue weighted by Crippen LogP contribution is 2.26. The molecule has 1 aromatic rings. The van der Waals surface area contributed by atoms with E-state index in [1.165, 1.54) is 24.3 Å². The maximum atomic E-state index is 13.1. The Morgan fingerprint density at radius 2 is 1.88 bits per heavy atom. The molecule has 0 aliphatic carbocycles. The molecule has 0 aromatic heterocycles.